The van der Waals surface area contributed by atoms with Crippen molar-refractivity contribution in [2.75, 3.05) is 29.6 Å². The van der Waals surface area contributed by atoms with Crippen LogP contribution in [0.4, 0.5) is 17.1 Å². The third-order valence-electron chi connectivity index (χ3n) is 3.24. The van der Waals surface area contributed by atoms with Crippen molar-refractivity contribution in [1.29, 1.82) is 0 Å². The van der Waals surface area contributed by atoms with E-state index >= 15 is 0 Å². The summed E-state index contributed by atoms with van der Waals surface area (Å²) in [6.45, 7) is 1.92. The van der Waals surface area contributed by atoms with Crippen molar-refractivity contribution in [3.63, 3.8) is 0 Å². The van der Waals surface area contributed by atoms with E-state index in [1.54, 1.807) is 31.4 Å². The van der Waals surface area contributed by atoms with Crippen LogP contribution in [0.2, 0.25) is 0 Å². The van der Waals surface area contributed by atoms with Crippen LogP contribution in [-0.4, -0.2) is 25.5 Å². The van der Waals surface area contributed by atoms with Crippen molar-refractivity contribution in [2.24, 2.45) is 0 Å². The highest BCUT2D eigenvalue weighted by atomic mass is 16.5. The molecule has 0 bridgehead atoms. The minimum atomic E-state index is -0.153. The van der Waals surface area contributed by atoms with Crippen molar-refractivity contribution >= 4 is 28.9 Å². The lowest BCUT2D eigenvalue weighted by atomic mass is 10.2. The van der Waals surface area contributed by atoms with E-state index < -0.39 is 0 Å². The second-order valence-corrected chi connectivity index (χ2v) is 5.19. The van der Waals surface area contributed by atoms with Crippen molar-refractivity contribution in [2.45, 2.75) is 13.3 Å². The molecule has 0 atom stereocenters. The summed E-state index contributed by atoms with van der Waals surface area (Å²) in [6.07, 6.45) is 0.308. The van der Waals surface area contributed by atoms with Gasteiger partial charge in [-0.2, -0.15) is 0 Å². The summed E-state index contributed by atoms with van der Waals surface area (Å²) >= 11 is 0. The van der Waals surface area contributed by atoms with Crippen LogP contribution in [0.5, 0.6) is 5.75 Å². The van der Waals surface area contributed by atoms with E-state index in [4.69, 9.17) is 4.74 Å². The Balaban J connectivity index is 1.84. The second kappa shape index (κ2) is 8.57. The zero-order valence-corrected chi connectivity index (χ0v) is 13.8. The normalized spacial score (nSPS) is 9.92. The van der Waals surface area contributed by atoms with Crippen LogP contribution in [0, 0.1) is 0 Å². The molecule has 0 aliphatic heterocycles. The van der Waals surface area contributed by atoms with E-state index in [9.17, 15) is 9.59 Å². The molecule has 2 aromatic rings. The standard InChI is InChI=1S/C18H21N3O3/c1-13(22)20-14-6-5-7-15(12-14)21-18(23)10-11-19-16-8-3-4-9-17(16)24-2/h3-9,12,19H,10-11H2,1-2H3,(H,20,22)(H,21,23). The average molecular weight is 327 g/mol. The topological polar surface area (TPSA) is 79.5 Å². The van der Waals surface area contributed by atoms with Gasteiger partial charge in [-0.1, -0.05) is 18.2 Å². The number of ether oxygens (including phenoxy) is 1. The first-order valence-corrected chi connectivity index (χ1v) is 7.63. The Labute approximate surface area is 141 Å². The van der Waals surface area contributed by atoms with E-state index in [2.05, 4.69) is 16.0 Å². The van der Waals surface area contributed by atoms with E-state index in [1.807, 2.05) is 24.3 Å². The Kier molecular flexibility index (Phi) is 6.19. The molecule has 24 heavy (non-hydrogen) atoms. The van der Waals surface area contributed by atoms with E-state index in [0.29, 0.717) is 24.3 Å². The highest BCUT2D eigenvalue weighted by molar-refractivity contribution is 5.93. The molecule has 0 saturated carbocycles. The molecule has 2 amide bonds. The molecular formula is C18H21N3O3. The van der Waals surface area contributed by atoms with Gasteiger partial charge in [0.05, 0.1) is 12.8 Å². The Morgan fingerprint density at radius 1 is 1.00 bits per heavy atom. The second-order valence-electron chi connectivity index (χ2n) is 5.19. The molecule has 6 heteroatoms. The lowest BCUT2D eigenvalue weighted by Crippen LogP contribution is -2.16. The molecule has 2 aromatic carbocycles. The fraction of sp³-hybridized carbons (Fsp3) is 0.222. The van der Waals surface area contributed by atoms with E-state index in [-0.39, 0.29) is 11.8 Å². The molecule has 0 radical (unpaired) electrons. The lowest BCUT2D eigenvalue weighted by Gasteiger charge is -2.11. The molecule has 0 fully saturated rings. The third kappa shape index (κ3) is 5.31. The zero-order valence-electron chi connectivity index (χ0n) is 13.8. The van der Waals surface area contributed by atoms with Gasteiger partial charge in [0.1, 0.15) is 5.75 Å². The highest BCUT2D eigenvalue weighted by Crippen LogP contribution is 2.22. The van der Waals surface area contributed by atoms with Crippen LogP contribution in [-0.2, 0) is 9.59 Å². The molecule has 3 N–H and O–H groups in total. The maximum atomic E-state index is 12.0. The van der Waals surface area contributed by atoms with Crippen molar-refractivity contribution in [1.82, 2.24) is 0 Å². The van der Waals surface area contributed by atoms with Gasteiger partial charge in [-0.3, -0.25) is 9.59 Å². The van der Waals surface area contributed by atoms with Gasteiger partial charge < -0.3 is 20.7 Å². The van der Waals surface area contributed by atoms with Gasteiger partial charge in [-0.15, -0.1) is 0 Å². The number of methoxy groups -OCH3 is 1. The highest BCUT2D eigenvalue weighted by Gasteiger charge is 2.05. The first-order chi connectivity index (χ1) is 11.6. The fourth-order valence-electron chi connectivity index (χ4n) is 2.20. The van der Waals surface area contributed by atoms with Crippen LogP contribution in [0.3, 0.4) is 0 Å². The van der Waals surface area contributed by atoms with Crippen LogP contribution < -0.4 is 20.7 Å². The SMILES string of the molecule is COc1ccccc1NCCC(=O)Nc1cccc(NC(C)=O)c1. The fourth-order valence-corrected chi connectivity index (χ4v) is 2.20. The summed E-state index contributed by atoms with van der Waals surface area (Å²) in [6, 6.07) is 14.6. The Morgan fingerprint density at radius 2 is 1.71 bits per heavy atom. The average Bonchev–Trinajstić information content (AvgIpc) is 2.55. The maximum Gasteiger partial charge on any atom is 0.226 e. The van der Waals surface area contributed by atoms with Crippen molar-refractivity contribution in [3.8, 4) is 5.75 Å². The van der Waals surface area contributed by atoms with Crippen LogP contribution in [0.15, 0.2) is 48.5 Å². The molecule has 0 aliphatic rings. The van der Waals surface area contributed by atoms with Crippen molar-refractivity contribution in [3.05, 3.63) is 48.5 Å². The number of rotatable bonds is 7. The largest absolute Gasteiger partial charge is 0.495 e. The quantitative estimate of drug-likeness (QED) is 0.730. The van der Waals surface area contributed by atoms with E-state index in [1.165, 1.54) is 6.92 Å². The van der Waals surface area contributed by atoms with Gasteiger partial charge in [-0.05, 0) is 30.3 Å². The van der Waals surface area contributed by atoms with Crippen LogP contribution in [0.25, 0.3) is 0 Å². The minimum Gasteiger partial charge on any atom is -0.495 e. The molecule has 0 spiro atoms. The molecule has 0 saturated heterocycles. The summed E-state index contributed by atoms with van der Waals surface area (Å²) in [7, 11) is 1.61. The van der Waals surface area contributed by atoms with Crippen LogP contribution >= 0.6 is 0 Å². The Bertz CT molecular complexity index is 716. The molecule has 0 aliphatic carbocycles. The van der Waals surface area contributed by atoms with Crippen molar-refractivity contribution < 1.29 is 14.3 Å². The number of amides is 2. The molecule has 0 heterocycles. The Morgan fingerprint density at radius 3 is 2.42 bits per heavy atom. The maximum absolute atomic E-state index is 12.0. The third-order valence-corrected chi connectivity index (χ3v) is 3.24. The molecule has 126 valence electrons. The van der Waals surface area contributed by atoms with Gasteiger partial charge in [0.25, 0.3) is 0 Å². The monoisotopic (exact) mass is 327 g/mol. The predicted octanol–water partition coefficient (Wildman–Crippen LogP) is 3.09. The van der Waals surface area contributed by atoms with Gasteiger partial charge in [-0.25, -0.2) is 0 Å². The summed E-state index contributed by atoms with van der Waals surface area (Å²) in [5, 5.41) is 8.66. The molecular weight excluding hydrogens is 306 g/mol. The number of anilines is 3. The van der Waals surface area contributed by atoms with Gasteiger partial charge in [0, 0.05) is 31.3 Å². The summed E-state index contributed by atoms with van der Waals surface area (Å²) in [5.41, 5.74) is 2.14. The van der Waals surface area contributed by atoms with Crippen LogP contribution in [0.1, 0.15) is 13.3 Å². The first kappa shape index (κ1) is 17.3. The lowest BCUT2D eigenvalue weighted by molar-refractivity contribution is -0.116. The molecule has 2 rings (SSSR count). The molecule has 6 nitrogen and oxygen atoms in total. The van der Waals surface area contributed by atoms with Gasteiger partial charge >= 0.3 is 0 Å². The predicted molar refractivity (Wildman–Crippen MR) is 95.5 cm³/mol. The summed E-state index contributed by atoms with van der Waals surface area (Å²) in [4.78, 5) is 23.1. The minimum absolute atomic E-state index is 0.114. The first-order valence-electron chi connectivity index (χ1n) is 7.63. The number of carbonyl (C=O) groups excluding carboxylic acids is 2. The number of nitrogens with one attached hydrogen (secondary N) is 3. The summed E-state index contributed by atoms with van der Waals surface area (Å²) in [5.74, 6) is 0.470. The zero-order chi connectivity index (χ0) is 17.4. The van der Waals surface area contributed by atoms with E-state index in [0.717, 1.165) is 11.4 Å². The number of carbonyl (C=O) groups is 2. The summed E-state index contributed by atoms with van der Waals surface area (Å²) < 4.78 is 5.25. The number of hydrogen-bond donors (Lipinski definition) is 3. The number of benzene rings is 2. The number of hydrogen-bond acceptors (Lipinski definition) is 4. The smallest absolute Gasteiger partial charge is 0.226 e. The number of para-hydroxylation sites is 2. The van der Waals surface area contributed by atoms with Gasteiger partial charge in [0.2, 0.25) is 11.8 Å². The molecule has 0 unspecified atom stereocenters. The Hall–Kier alpha value is -3.02. The van der Waals surface area contributed by atoms with Gasteiger partial charge in [0.15, 0.2) is 0 Å². The molecule has 0 aromatic heterocycles.